The maximum atomic E-state index is 2.56. The van der Waals surface area contributed by atoms with Gasteiger partial charge in [0.2, 0.25) is 0 Å². The summed E-state index contributed by atoms with van der Waals surface area (Å²) >= 11 is 6.98. The van der Waals surface area contributed by atoms with E-state index in [1.54, 1.807) is 45.3 Å². The highest BCUT2D eigenvalue weighted by Gasteiger charge is 2.29. The zero-order chi connectivity index (χ0) is 80.0. The van der Waals surface area contributed by atoms with E-state index in [-0.39, 0.29) is 5.41 Å². The Morgan fingerprint density at radius 1 is 0.160 bits per heavy atom. The van der Waals surface area contributed by atoms with E-state index in [2.05, 4.69) is 489 Å². The van der Waals surface area contributed by atoms with Gasteiger partial charge in [-0.25, -0.2) is 0 Å². The van der Waals surface area contributed by atoms with Gasteiger partial charge in [0.1, 0.15) is 0 Å². The molecule has 4 heterocycles. The van der Waals surface area contributed by atoms with Gasteiger partial charge in [-0.05, 0) is 269 Å². The third kappa shape index (κ3) is 15.6. The van der Waals surface area contributed by atoms with Crippen LogP contribution in [0.2, 0.25) is 0 Å². The number of thiophene rings is 4. The molecule has 4 aromatic heterocycles. The second-order valence-corrected chi connectivity index (χ2v) is 33.6. The monoisotopic (exact) mass is 1600 g/mol. The molecule has 572 valence electrons. The Morgan fingerprint density at radius 3 is 0.563 bits per heavy atom. The van der Waals surface area contributed by atoms with Gasteiger partial charge in [0.25, 0.3) is 0 Å². The zero-order valence-electron chi connectivity index (χ0n) is 66.1. The van der Waals surface area contributed by atoms with Crippen LogP contribution in [0.25, 0.3) is 89.0 Å². The SMILES string of the molecule is CC(C)(C)c1ccc(N(c2ccc(-c3cscc3-c3ccc(N(c4ccccc4)c4ccccc4)cc3)cc2-c2cscc2-c2ccc(N(c3ccccc3)c3ccccc3)cc2)c2ccc(-c3cscc3-c3ccc(N(c4ccccc4)c4ccccc4)cc3)cc2-c2cscc2-c2ccc(N(c3ccccc3)c3ccccc3)cc2)cc1. The predicted molar refractivity (Wildman–Crippen MR) is 514 cm³/mol. The fourth-order valence-electron chi connectivity index (χ4n) is 16.3. The van der Waals surface area contributed by atoms with Crippen LogP contribution in [0.1, 0.15) is 26.3 Å². The highest BCUT2D eigenvalue weighted by Crippen LogP contribution is 2.54. The van der Waals surface area contributed by atoms with Crippen LogP contribution in [0.15, 0.2) is 443 Å². The molecule has 19 aromatic rings. The Hall–Kier alpha value is -13.9. The molecule has 19 rings (SSSR count). The molecule has 0 bridgehead atoms. The minimum atomic E-state index is -0.104. The Balaban J connectivity index is 0.797. The van der Waals surface area contributed by atoms with Crippen LogP contribution in [0.5, 0.6) is 0 Å². The zero-order valence-corrected chi connectivity index (χ0v) is 69.4. The van der Waals surface area contributed by atoms with Crippen LogP contribution in [0.4, 0.5) is 85.3 Å². The summed E-state index contributed by atoms with van der Waals surface area (Å²) in [7, 11) is 0. The van der Waals surface area contributed by atoms with E-state index in [1.807, 2.05) is 0 Å². The summed E-state index contributed by atoms with van der Waals surface area (Å²) in [6.07, 6.45) is 0. The highest BCUT2D eigenvalue weighted by molar-refractivity contribution is 7.09. The standard InChI is InChI=1S/C110H83N5S4/c1-110(2,3)84-54-64-97(65-55-84)115(108-66-52-82(104-74-116-70-100(104)78-44-56-93(57-45-78)111(85-28-12-4-13-29-85)86-30-14-5-15-31-86)68-98(108)106-76-118-72-102(106)80-48-60-95(61-49-80)113(89-36-20-8-21-37-89)90-38-22-9-23-39-90)109-67-53-83(105-75-117-71-101(105)79-46-58-94(59-47-79)112(87-32-16-6-17-33-87)88-34-18-7-19-35-88)69-99(109)107-77-119-73-103(107)81-50-62-96(63-51-81)114(91-40-24-10-25-41-91)92-42-26-11-27-43-92/h4-77H,1-3H3. The van der Waals surface area contributed by atoms with Crippen molar-refractivity contribution in [3.63, 3.8) is 0 Å². The first-order valence-corrected chi connectivity index (χ1v) is 43.9. The summed E-state index contributed by atoms with van der Waals surface area (Å²) in [6, 6.07) is 146. The van der Waals surface area contributed by atoms with Crippen LogP contribution in [-0.4, -0.2) is 0 Å². The molecule has 0 fully saturated rings. The molecule has 0 aliphatic carbocycles. The Morgan fingerprint density at radius 2 is 0.336 bits per heavy atom. The fourth-order valence-corrected chi connectivity index (χ4v) is 19.7. The molecule has 0 radical (unpaired) electrons. The molecule has 0 N–H and O–H groups in total. The van der Waals surface area contributed by atoms with E-state index in [0.29, 0.717) is 0 Å². The second-order valence-electron chi connectivity index (χ2n) is 30.6. The molecular weight excluding hydrogens is 1520 g/mol. The lowest BCUT2D eigenvalue weighted by Crippen LogP contribution is -2.14. The maximum absolute atomic E-state index is 2.56. The lowest BCUT2D eigenvalue weighted by Gasteiger charge is -2.31. The molecule has 0 unspecified atom stereocenters. The molecule has 0 saturated heterocycles. The number of rotatable bonds is 23. The van der Waals surface area contributed by atoms with Gasteiger partial charge in [-0.15, -0.1) is 0 Å². The highest BCUT2D eigenvalue weighted by atomic mass is 32.1. The Bertz CT molecular complexity index is 6050. The van der Waals surface area contributed by atoms with E-state index in [0.717, 1.165) is 152 Å². The van der Waals surface area contributed by atoms with Crippen molar-refractivity contribution in [1.82, 2.24) is 0 Å². The molecule has 0 atom stereocenters. The third-order valence-electron chi connectivity index (χ3n) is 22.2. The molecule has 0 saturated carbocycles. The van der Waals surface area contributed by atoms with Crippen molar-refractivity contribution in [2.45, 2.75) is 26.2 Å². The van der Waals surface area contributed by atoms with Crippen LogP contribution < -0.4 is 24.5 Å². The van der Waals surface area contributed by atoms with Crippen LogP contribution in [0.3, 0.4) is 0 Å². The fraction of sp³-hybridized carbons (Fsp3) is 0.0364. The first-order chi connectivity index (χ1) is 58.7. The van der Waals surface area contributed by atoms with E-state index in [4.69, 9.17) is 0 Å². The average Bonchev–Trinajstić information content (AvgIpc) is 1.74. The lowest BCUT2D eigenvalue weighted by molar-refractivity contribution is 0.590. The molecule has 15 aromatic carbocycles. The first-order valence-electron chi connectivity index (χ1n) is 40.2. The molecular formula is C110H83N5S4. The van der Waals surface area contributed by atoms with E-state index in [9.17, 15) is 0 Å². The van der Waals surface area contributed by atoms with E-state index < -0.39 is 0 Å². The van der Waals surface area contributed by atoms with Gasteiger partial charge in [0.05, 0.1) is 11.4 Å². The average molecular weight is 1600 g/mol. The minimum Gasteiger partial charge on any atom is -0.311 e. The van der Waals surface area contributed by atoms with Crippen molar-refractivity contribution >= 4 is 131 Å². The summed E-state index contributed by atoms with van der Waals surface area (Å²) in [5, 5.41) is 18.8. The molecule has 0 aliphatic heterocycles. The van der Waals surface area contributed by atoms with Gasteiger partial charge in [-0.2, -0.15) is 45.3 Å². The number of nitrogens with zero attached hydrogens (tertiary/aromatic N) is 5. The van der Waals surface area contributed by atoms with Crippen molar-refractivity contribution in [3.8, 4) is 89.0 Å². The van der Waals surface area contributed by atoms with E-state index in [1.165, 1.54) is 27.8 Å². The molecule has 119 heavy (non-hydrogen) atoms. The third-order valence-corrected chi connectivity index (χ3v) is 25.2. The van der Waals surface area contributed by atoms with Crippen LogP contribution >= 0.6 is 45.3 Å². The lowest BCUT2D eigenvalue weighted by atomic mass is 9.87. The summed E-state index contributed by atoms with van der Waals surface area (Å²) < 4.78 is 0. The number of para-hydroxylation sites is 8. The second kappa shape index (κ2) is 33.7. The van der Waals surface area contributed by atoms with Gasteiger partial charge in [-0.1, -0.05) is 239 Å². The van der Waals surface area contributed by atoms with Crippen molar-refractivity contribution in [1.29, 1.82) is 0 Å². The Kier molecular flexibility index (Phi) is 21.3. The van der Waals surface area contributed by atoms with E-state index >= 15 is 0 Å². The normalized spacial score (nSPS) is 11.3. The van der Waals surface area contributed by atoms with Crippen molar-refractivity contribution in [3.05, 3.63) is 449 Å². The molecule has 9 heteroatoms. The number of benzene rings is 15. The summed E-state index contributed by atoms with van der Waals surface area (Å²) in [5.41, 5.74) is 35.6. The maximum Gasteiger partial charge on any atom is 0.0541 e. The number of hydrogen-bond acceptors (Lipinski definition) is 9. The number of hydrogen-bond donors (Lipinski definition) is 0. The molecule has 0 aliphatic rings. The largest absolute Gasteiger partial charge is 0.311 e. The summed E-state index contributed by atoms with van der Waals surface area (Å²) in [6.45, 7) is 6.91. The number of anilines is 15. The topological polar surface area (TPSA) is 16.2 Å². The quantitative estimate of drug-likeness (QED) is 0.0633. The van der Waals surface area contributed by atoms with Crippen LogP contribution in [0, 0.1) is 0 Å². The first kappa shape index (κ1) is 75.2. The van der Waals surface area contributed by atoms with Crippen LogP contribution in [-0.2, 0) is 5.41 Å². The van der Waals surface area contributed by atoms with Crippen molar-refractivity contribution in [2.75, 3.05) is 24.5 Å². The van der Waals surface area contributed by atoms with Gasteiger partial charge in [-0.3, -0.25) is 0 Å². The molecule has 5 nitrogen and oxygen atoms in total. The predicted octanol–water partition coefficient (Wildman–Crippen LogP) is 33.9. The van der Waals surface area contributed by atoms with Crippen molar-refractivity contribution < 1.29 is 0 Å². The van der Waals surface area contributed by atoms with Gasteiger partial charge < -0.3 is 24.5 Å². The van der Waals surface area contributed by atoms with Gasteiger partial charge in [0, 0.05) is 130 Å². The summed E-state index contributed by atoms with van der Waals surface area (Å²) in [4.78, 5) is 11.9. The molecule has 0 spiro atoms. The smallest absolute Gasteiger partial charge is 0.0541 e. The summed E-state index contributed by atoms with van der Waals surface area (Å²) in [5.74, 6) is 0. The Labute approximate surface area is 713 Å². The molecule has 0 amide bonds. The van der Waals surface area contributed by atoms with Gasteiger partial charge in [0.15, 0.2) is 0 Å². The van der Waals surface area contributed by atoms with Crippen molar-refractivity contribution in [2.24, 2.45) is 0 Å². The minimum absolute atomic E-state index is 0.104. The van der Waals surface area contributed by atoms with Gasteiger partial charge >= 0.3 is 0 Å².